The molecule has 0 atom stereocenters. The van der Waals surface area contributed by atoms with Gasteiger partial charge in [0.1, 0.15) is 11.2 Å². The Labute approximate surface area is 337 Å². The third-order valence-corrected chi connectivity index (χ3v) is 11.4. The monoisotopic (exact) mass is 739 g/mol. The van der Waals surface area contributed by atoms with Gasteiger partial charge in [-0.3, -0.25) is 0 Å². The van der Waals surface area contributed by atoms with Gasteiger partial charge in [0.15, 0.2) is 0 Å². The van der Waals surface area contributed by atoms with Gasteiger partial charge in [-0.1, -0.05) is 176 Å². The van der Waals surface area contributed by atoms with Gasteiger partial charge in [0, 0.05) is 33.3 Å². The largest absolute Gasteiger partial charge is 0.455 e. The Bertz CT molecular complexity index is 3270. The van der Waals surface area contributed by atoms with E-state index in [1.807, 2.05) is 0 Å². The highest BCUT2D eigenvalue weighted by Crippen LogP contribution is 2.45. The quantitative estimate of drug-likeness (QED) is 0.162. The summed E-state index contributed by atoms with van der Waals surface area (Å²) in [5, 5.41) is 7.08. The molecule has 0 aliphatic carbocycles. The van der Waals surface area contributed by atoms with E-state index in [9.17, 15) is 0 Å². The Morgan fingerprint density at radius 1 is 0.293 bits per heavy atom. The maximum absolute atomic E-state index is 6.79. The van der Waals surface area contributed by atoms with Crippen LogP contribution in [0, 0.1) is 0 Å². The molecule has 10 aromatic carbocycles. The molecule has 2 heteroatoms. The molecule has 0 saturated heterocycles. The van der Waals surface area contributed by atoms with Gasteiger partial charge in [0.05, 0.1) is 5.69 Å². The summed E-state index contributed by atoms with van der Waals surface area (Å²) in [5.74, 6) is 0. The van der Waals surface area contributed by atoms with Gasteiger partial charge in [-0.2, -0.15) is 0 Å². The predicted molar refractivity (Wildman–Crippen MR) is 245 cm³/mol. The van der Waals surface area contributed by atoms with Crippen LogP contribution in [0.15, 0.2) is 229 Å². The number of para-hydroxylation sites is 2. The van der Waals surface area contributed by atoms with Crippen LogP contribution in [0.1, 0.15) is 0 Å². The molecule has 0 aliphatic rings. The van der Waals surface area contributed by atoms with Gasteiger partial charge in [-0.15, -0.1) is 0 Å². The zero-order valence-electron chi connectivity index (χ0n) is 31.7. The van der Waals surface area contributed by atoms with E-state index in [1.54, 1.807) is 0 Å². The van der Waals surface area contributed by atoms with E-state index in [4.69, 9.17) is 4.42 Å². The first-order valence-corrected chi connectivity index (χ1v) is 19.8. The fourth-order valence-electron chi connectivity index (χ4n) is 8.50. The van der Waals surface area contributed by atoms with Crippen molar-refractivity contribution in [3.05, 3.63) is 224 Å². The second-order valence-corrected chi connectivity index (χ2v) is 14.9. The Kier molecular flexibility index (Phi) is 8.19. The average Bonchev–Trinajstić information content (AvgIpc) is 3.66. The lowest BCUT2D eigenvalue weighted by Gasteiger charge is -2.28. The molecule has 0 spiro atoms. The van der Waals surface area contributed by atoms with Gasteiger partial charge >= 0.3 is 0 Å². The molecular weight excluding hydrogens is 703 g/mol. The van der Waals surface area contributed by atoms with E-state index in [0.29, 0.717) is 0 Å². The molecule has 11 rings (SSSR count). The third kappa shape index (κ3) is 6.00. The predicted octanol–water partition coefficient (Wildman–Crippen LogP) is 16.0. The van der Waals surface area contributed by atoms with Crippen LogP contribution in [0.4, 0.5) is 17.1 Å². The number of fused-ring (bicyclic) bond motifs is 5. The van der Waals surface area contributed by atoms with Crippen molar-refractivity contribution in [2.45, 2.75) is 0 Å². The number of rotatable bonds is 7. The Hall–Kier alpha value is -7.68. The van der Waals surface area contributed by atoms with Crippen molar-refractivity contribution in [1.29, 1.82) is 0 Å². The highest BCUT2D eigenvalue weighted by atomic mass is 16.3. The summed E-state index contributed by atoms with van der Waals surface area (Å²) in [4.78, 5) is 2.39. The van der Waals surface area contributed by atoms with Gasteiger partial charge < -0.3 is 9.32 Å². The van der Waals surface area contributed by atoms with E-state index >= 15 is 0 Å². The summed E-state index contributed by atoms with van der Waals surface area (Å²) in [6.45, 7) is 0. The SMILES string of the molecule is c1ccc(-c2ccc(-c3ccc(N(c4cccc(-c5ccc6ccccc6c5)c4)c4ccccc4-c4cccc5c4oc4cc6ccccc6cc45)cc3)cc2)cc1. The Morgan fingerprint density at radius 2 is 0.828 bits per heavy atom. The lowest BCUT2D eigenvalue weighted by atomic mass is 9.97. The fraction of sp³-hybridized carbons (Fsp3) is 0. The first kappa shape index (κ1) is 33.6. The molecule has 0 amide bonds. The standard InChI is InChI=1S/C56H37NO/c1-2-12-38(13-3-1)40-24-26-41(27-25-40)42-30-32-48(33-31-42)57(49-19-10-18-44(35-49)47-29-28-39-14-4-5-15-43(39)34-47)54-23-9-8-20-50(54)51-21-11-22-52-53-36-45-16-6-7-17-46(45)37-55(53)58-56(51)52/h1-37H. The first-order valence-electron chi connectivity index (χ1n) is 19.8. The van der Waals surface area contributed by atoms with Gasteiger partial charge in [0.25, 0.3) is 0 Å². The summed E-state index contributed by atoms with van der Waals surface area (Å²) < 4.78 is 6.79. The van der Waals surface area contributed by atoms with Crippen LogP contribution < -0.4 is 4.90 Å². The summed E-state index contributed by atoms with van der Waals surface area (Å²) in [6.07, 6.45) is 0. The molecular formula is C56H37NO. The maximum atomic E-state index is 6.79. The summed E-state index contributed by atoms with van der Waals surface area (Å²) in [5.41, 5.74) is 14.3. The van der Waals surface area contributed by atoms with Crippen molar-refractivity contribution < 1.29 is 4.42 Å². The van der Waals surface area contributed by atoms with E-state index < -0.39 is 0 Å². The van der Waals surface area contributed by atoms with E-state index in [-0.39, 0.29) is 0 Å². The molecule has 0 N–H and O–H groups in total. The van der Waals surface area contributed by atoms with Gasteiger partial charge in [-0.05, 0) is 103 Å². The molecule has 0 fully saturated rings. The molecule has 11 aromatic rings. The number of nitrogens with zero attached hydrogens (tertiary/aromatic N) is 1. The summed E-state index contributed by atoms with van der Waals surface area (Å²) in [7, 11) is 0. The molecule has 2 nitrogen and oxygen atoms in total. The van der Waals surface area contributed by atoms with Crippen molar-refractivity contribution in [3.8, 4) is 44.5 Å². The van der Waals surface area contributed by atoms with Crippen molar-refractivity contribution in [2.75, 3.05) is 4.90 Å². The number of hydrogen-bond acceptors (Lipinski definition) is 2. The third-order valence-electron chi connectivity index (χ3n) is 11.4. The van der Waals surface area contributed by atoms with E-state index in [2.05, 4.69) is 229 Å². The van der Waals surface area contributed by atoms with Crippen LogP contribution in [0.25, 0.3) is 88.0 Å². The molecule has 1 aromatic heterocycles. The maximum Gasteiger partial charge on any atom is 0.143 e. The minimum absolute atomic E-state index is 0.888. The van der Waals surface area contributed by atoms with Gasteiger partial charge in [-0.25, -0.2) is 0 Å². The van der Waals surface area contributed by atoms with Crippen molar-refractivity contribution >= 4 is 60.5 Å². The second-order valence-electron chi connectivity index (χ2n) is 14.9. The molecule has 0 bridgehead atoms. The lowest BCUT2D eigenvalue weighted by molar-refractivity contribution is 0.670. The highest BCUT2D eigenvalue weighted by Gasteiger charge is 2.21. The summed E-state index contributed by atoms with van der Waals surface area (Å²) >= 11 is 0. The minimum atomic E-state index is 0.888. The number of anilines is 3. The topological polar surface area (TPSA) is 16.4 Å². The molecule has 0 radical (unpaired) electrons. The summed E-state index contributed by atoms with van der Waals surface area (Å²) in [6, 6.07) is 80.7. The first-order chi connectivity index (χ1) is 28.7. The second kappa shape index (κ2) is 14.1. The van der Waals surface area contributed by atoms with E-state index in [0.717, 1.165) is 55.7 Å². The van der Waals surface area contributed by atoms with Crippen molar-refractivity contribution in [1.82, 2.24) is 0 Å². The average molecular weight is 740 g/mol. The molecule has 0 unspecified atom stereocenters. The smallest absolute Gasteiger partial charge is 0.143 e. The normalized spacial score (nSPS) is 11.4. The van der Waals surface area contributed by atoms with Crippen LogP contribution >= 0.6 is 0 Å². The number of hydrogen-bond donors (Lipinski definition) is 0. The van der Waals surface area contributed by atoms with Crippen LogP contribution in [0.3, 0.4) is 0 Å². The van der Waals surface area contributed by atoms with Crippen LogP contribution in [-0.4, -0.2) is 0 Å². The zero-order chi connectivity index (χ0) is 38.4. The van der Waals surface area contributed by atoms with Crippen LogP contribution in [-0.2, 0) is 0 Å². The molecule has 0 saturated carbocycles. The van der Waals surface area contributed by atoms with E-state index in [1.165, 1.54) is 49.4 Å². The van der Waals surface area contributed by atoms with Crippen LogP contribution in [0.2, 0.25) is 0 Å². The zero-order valence-corrected chi connectivity index (χ0v) is 31.7. The Balaban J connectivity index is 1.06. The van der Waals surface area contributed by atoms with Crippen LogP contribution in [0.5, 0.6) is 0 Å². The molecule has 0 aliphatic heterocycles. The van der Waals surface area contributed by atoms with Crippen molar-refractivity contribution in [2.24, 2.45) is 0 Å². The van der Waals surface area contributed by atoms with Gasteiger partial charge in [0.2, 0.25) is 0 Å². The molecule has 58 heavy (non-hydrogen) atoms. The lowest BCUT2D eigenvalue weighted by Crippen LogP contribution is -2.11. The highest BCUT2D eigenvalue weighted by molar-refractivity contribution is 6.14. The molecule has 272 valence electrons. The number of furan rings is 1. The molecule has 1 heterocycles. The number of benzene rings is 10. The minimum Gasteiger partial charge on any atom is -0.455 e. The fourth-order valence-corrected chi connectivity index (χ4v) is 8.50. The van der Waals surface area contributed by atoms with Crippen molar-refractivity contribution in [3.63, 3.8) is 0 Å². The Morgan fingerprint density at radius 3 is 1.59 bits per heavy atom.